The first-order valence-corrected chi connectivity index (χ1v) is 9.47. The molecule has 0 aliphatic carbocycles. The summed E-state index contributed by atoms with van der Waals surface area (Å²) in [4.78, 5) is 24.5. The van der Waals surface area contributed by atoms with Crippen LogP contribution in [0.3, 0.4) is 0 Å². The van der Waals surface area contributed by atoms with Crippen LogP contribution in [0.4, 0.5) is 5.69 Å². The lowest BCUT2D eigenvalue weighted by Gasteiger charge is -2.10. The SMILES string of the molecule is COc1ccc(C(=O)NCC(=O)Nc2cccc(-c3ccsc3)c2)cc1OC. The minimum absolute atomic E-state index is 0.143. The van der Waals surface area contributed by atoms with Gasteiger partial charge < -0.3 is 20.1 Å². The molecule has 1 aromatic heterocycles. The molecule has 3 aromatic rings. The first kappa shape index (κ1) is 19.4. The van der Waals surface area contributed by atoms with E-state index in [1.807, 2.05) is 41.1 Å². The van der Waals surface area contributed by atoms with Gasteiger partial charge in [0.05, 0.1) is 20.8 Å². The smallest absolute Gasteiger partial charge is 0.251 e. The summed E-state index contributed by atoms with van der Waals surface area (Å²) in [5.41, 5.74) is 3.18. The molecule has 0 saturated heterocycles. The number of carbonyl (C=O) groups is 2. The zero-order chi connectivity index (χ0) is 19.9. The standard InChI is InChI=1S/C21H20N2O4S/c1-26-18-7-6-15(11-19(18)27-2)21(25)22-12-20(24)23-17-5-3-4-14(10-17)16-8-9-28-13-16/h3-11,13H,12H2,1-2H3,(H,22,25)(H,23,24). The fourth-order valence-corrected chi connectivity index (χ4v) is 3.32. The molecule has 3 rings (SSSR count). The van der Waals surface area contributed by atoms with E-state index in [9.17, 15) is 9.59 Å². The summed E-state index contributed by atoms with van der Waals surface area (Å²) in [7, 11) is 3.02. The van der Waals surface area contributed by atoms with Gasteiger partial charge in [-0.05, 0) is 58.3 Å². The molecule has 0 unspecified atom stereocenters. The number of hydrogen-bond donors (Lipinski definition) is 2. The van der Waals surface area contributed by atoms with Crippen LogP contribution in [0.25, 0.3) is 11.1 Å². The lowest BCUT2D eigenvalue weighted by molar-refractivity contribution is -0.115. The van der Waals surface area contributed by atoms with Gasteiger partial charge in [0.1, 0.15) is 0 Å². The van der Waals surface area contributed by atoms with E-state index in [0.717, 1.165) is 11.1 Å². The van der Waals surface area contributed by atoms with Crippen LogP contribution in [0.1, 0.15) is 10.4 Å². The molecule has 0 radical (unpaired) electrons. The predicted octanol–water partition coefficient (Wildman–Crippen LogP) is 3.80. The second-order valence-corrected chi connectivity index (χ2v) is 6.67. The Labute approximate surface area is 167 Å². The van der Waals surface area contributed by atoms with E-state index in [2.05, 4.69) is 10.6 Å². The Bertz CT molecular complexity index is 970. The van der Waals surface area contributed by atoms with Gasteiger partial charge >= 0.3 is 0 Å². The van der Waals surface area contributed by atoms with Crippen LogP contribution in [-0.2, 0) is 4.79 Å². The first-order valence-electron chi connectivity index (χ1n) is 8.53. The van der Waals surface area contributed by atoms with Gasteiger partial charge in [0.15, 0.2) is 11.5 Å². The quantitative estimate of drug-likeness (QED) is 0.637. The molecule has 0 spiro atoms. The number of carbonyl (C=O) groups excluding carboxylic acids is 2. The van der Waals surface area contributed by atoms with Gasteiger partial charge in [-0.25, -0.2) is 0 Å². The maximum atomic E-state index is 12.3. The average molecular weight is 396 g/mol. The van der Waals surface area contributed by atoms with E-state index in [4.69, 9.17) is 9.47 Å². The number of ether oxygens (including phenoxy) is 2. The van der Waals surface area contributed by atoms with Gasteiger partial charge in [-0.3, -0.25) is 9.59 Å². The summed E-state index contributed by atoms with van der Waals surface area (Å²) < 4.78 is 10.3. The highest BCUT2D eigenvalue weighted by Gasteiger charge is 2.12. The summed E-state index contributed by atoms with van der Waals surface area (Å²) in [6.45, 7) is -0.143. The van der Waals surface area contributed by atoms with Crippen molar-refractivity contribution in [3.8, 4) is 22.6 Å². The zero-order valence-corrected chi connectivity index (χ0v) is 16.3. The van der Waals surface area contributed by atoms with Crippen LogP contribution in [0, 0.1) is 0 Å². The Morgan fingerprint density at radius 3 is 2.50 bits per heavy atom. The number of amides is 2. The fraction of sp³-hybridized carbons (Fsp3) is 0.143. The molecular formula is C21H20N2O4S. The van der Waals surface area contributed by atoms with Gasteiger partial charge in [-0.15, -0.1) is 0 Å². The maximum Gasteiger partial charge on any atom is 0.251 e. The molecule has 0 saturated carbocycles. The van der Waals surface area contributed by atoms with Crippen molar-refractivity contribution in [2.24, 2.45) is 0 Å². The van der Waals surface area contributed by atoms with Crippen molar-refractivity contribution in [3.63, 3.8) is 0 Å². The van der Waals surface area contributed by atoms with Crippen molar-refractivity contribution in [2.75, 3.05) is 26.1 Å². The molecule has 0 aliphatic heterocycles. The number of nitrogens with one attached hydrogen (secondary N) is 2. The highest BCUT2D eigenvalue weighted by molar-refractivity contribution is 7.08. The third kappa shape index (κ3) is 4.69. The Kier molecular flexibility index (Phi) is 6.29. The van der Waals surface area contributed by atoms with E-state index >= 15 is 0 Å². The maximum absolute atomic E-state index is 12.3. The van der Waals surface area contributed by atoms with E-state index < -0.39 is 0 Å². The molecule has 1 heterocycles. The van der Waals surface area contributed by atoms with Crippen molar-refractivity contribution in [1.82, 2.24) is 5.32 Å². The Morgan fingerprint density at radius 1 is 0.964 bits per heavy atom. The topological polar surface area (TPSA) is 76.7 Å². The van der Waals surface area contributed by atoms with E-state index in [1.165, 1.54) is 14.2 Å². The van der Waals surface area contributed by atoms with Crippen molar-refractivity contribution < 1.29 is 19.1 Å². The third-order valence-electron chi connectivity index (χ3n) is 4.06. The summed E-state index contributed by atoms with van der Waals surface area (Å²) in [6, 6.07) is 14.4. The molecule has 6 nitrogen and oxygen atoms in total. The lowest BCUT2D eigenvalue weighted by Crippen LogP contribution is -2.32. The Morgan fingerprint density at radius 2 is 1.79 bits per heavy atom. The van der Waals surface area contributed by atoms with Crippen LogP contribution in [0.15, 0.2) is 59.3 Å². The van der Waals surface area contributed by atoms with Crippen molar-refractivity contribution >= 4 is 28.8 Å². The Balaban J connectivity index is 1.59. The number of anilines is 1. The van der Waals surface area contributed by atoms with Crippen LogP contribution in [0.2, 0.25) is 0 Å². The highest BCUT2D eigenvalue weighted by Crippen LogP contribution is 2.27. The monoisotopic (exact) mass is 396 g/mol. The van der Waals surface area contributed by atoms with Crippen molar-refractivity contribution in [1.29, 1.82) is 0 Å². The van der Waals surface area contributed by atoms with Crippen LogP contribution < -0.4 is 20.1 Å². The molecule has 2 amide bonds. The normalized spacial score (nSPS) is 10.2. The Hall–Kier alpha value is -3.32. The van der Waals surface area contributed by atoms with Crippen molar-refractivity contribution in [2.45, 2.75) is 0 Å². The molecule has 0 bridgehead atoms. The molecule has 0 atom stereocenters. The largest absolute Gasteiger partial charge is 0.493 e. The van der Waals surface area contributed by atoms with E-state index in [1.54, 1.807) is 29.5 Å². The van der Waals surface area contributed by atoms with Crippen LogP contribution in [0.5, 0.6) is 11.5 Å². The second kappa shape index (κ2) is 9.05. The van der Waals surface area contributed by atoms with Crippen LogP contribution in [-0.4, -0.2) is 32.6 Å². The minimum atomic E-state index is -0.372. The lowest BCUT2D eigenvalue weighted by atomic mass is 10.1. The van der Waals surface area contributed by atoms with Gasteiger partial charge in [-0.2, -0.15) is 11.3 Å². The molecule has 28 heavy (non-hydrogen) atoms. The molecule has 0 aliphatic rings. The minimum Gasteiger partial charge on any atom is -0.493 e. The molecule has 2 N–H and O–H groups in total. The fourth-order valence-electron chi connectivity index (χ4n) is 2.65. The number of hydrogen-bond acceptors (Lipinski definition) is 5. The number of thiophene rings is 1. The van der Waals surface area contributed by atoms with E-state index in [-0.39, 0.29) is 18.4 Å². The molecule has 2 aromatic carbocycles. The summed E-state index contributed by atoms with van der Waals surface area (Å²) in [6.07, 6.45) is 0. The number of rotatable bonds is 7. The van der Waals surface area contributed by atoms with E-state index in [0.29, 0.717) is 22.7 Å². The summed E-state index contributed by atoms with van der Waals surface area (Å²) >= 11 is 1.62. The molecule has 0 fully saturated rings. The van der Waals surface area contributed by atoms with Gasteiger partial charge in [-0.1, -0.05) is 12.1 Å². The van der Waals surface area contributed by atoms with Gasteiger partial charge in [0, 0.05) is 11.3 Å². The summed E-state index contributed by atoms with van der Waals surface area (Å²) in [5.74, 6) is 0.298. The van der Waals surface area contributed by atoms with Crippen LogP contribution >= 0.6 is 11.3 Å². The molecule has 144 valence electrons. The summed E-state index contributed by atoms with van der Waals surface area (Å²) in [5, 5.41) is 9.45. The molecule has 7 heteroatoms. The predicted molar refractivity (Wildman–Crippen MR) is 110 cm³/mol. The first-order chi connectivity index (χ1) is 13.6. The number of benzene rings is 2. The van der Waals surface area contributed by atoms with Crippen molar-refractivity contribution in [3.05, 3.63) is 64.9 Å². The third-order valence-corrected chi connectivity index (χ3v) is 4.74. The molecular weight excluding hydrogens is 376 g/mol. The van der Waals surface area contributed by atoms with Gasteiger partial charge in [0.2, 0.25) is 5.91 Å². The average Bonchev–Trinajstić information content (AvgIpc) is 3.26. The second-order valence-electron chi connectivity index (χ2n) is 5.89. The zero-order valence-electron chi connectivity index (χ0n) is 15.5. The number of methoxy groups -OCH3 is 2. The highest BCUT2D eigenvalue weighted by atomic mass is 32.1. The van der Waals surface area contributed by atoms with Gasteiger partial charge in [0.25, 0.3) is 5.91 Å².